The van der Waals surface area contributed by atoms with E-state index in [1.54, 1.807) is 13.2 Å². The monoisotopic (exact) mass is 485 g/mol. The Balaban J connectivity index is 1.36. The fourth-order valence-electron chi connectivity index (χ4n) is 4.54. The Kier molecular flexibility index (Phi) is 5.61. The number of nitrogens with two attached hydrogens (primary N) is 1. The van der Waals surface area contributed by atoms with Gasteiger partial charge in [0.2, 0.25) is 0 Å². The van der Waals surface area contributed by atoms with E-state index in [1.165, 1.54) is 0 Å². The van der Waals surface area contributed by atoms with Crippen LogP contribution in [0.5, 0.6) is 0 Å². The molecule has 1 amide bonds. The third kappa shape index (κ3) is 4.07. The number of amides is 1. The van der Waals surface area contributed by atoms with E-state index in [1.807, 2.05) is 36.8 Å². The molecule has 1 aromatic carbocycles. The highest BCUT2D eigenvalue weighted by molar-refractivity contribution is 5.99. The number of imidazole rings is 1. The van der Waals surface area contributed by atoms with E-state index in [-0.39, 0.29) is 11.5 Å². The van der Waals surface area contributed by atoms with E-state index < -0.39 is 5.91 Å². The third-order valence-electron chi connectivity index (χ3n) is 6.56. The summed E-state index contributed by atoms with van der Waals surface area (Å²) in [4.78, 5) is 33.1. The molecule has 0 bridgehead atoms. The summed E-state index contributed by atoms with van der Waals surface area (Å²) in [6, 6.07) is 8.41. The first-order valence-electron chi connectivity index (χ1n) is 12.0. The number of carbonyl (C=O) groups is 1. The van der Waals surface area contributed by atoms with Gasteiger partial charge in [-0.1, -0.05) is 0 Å². The number of primary amides is 1. The Hall–Kier alpha value is -4.25. The van der Waals surface area contributed by atoms with Crippen molar-refractivity contribution in [1.82, 2.24) is 24.5 Å². The number of ether oxygens (including phenoxy) is 1. The zero-order valence-corrected chi connectivity index (χ0v) is 19.9. The maximum Gasteiger partial charge on any atom is 0.271 e. The standard InChI is InChI=1S/C25H27N9O2/c1-27-24-21(18-12-28-13-19-20(18)29-14-34(19)17-6-7-17)31-22(23(26)35)25(32-24)30-15-2-4-16(5-3-15)33-8-10-36-11-9-33/h2-5,12-14,17H,6-11H2,1H3,(H2,26,35)(H2,27,30,32). The molecular formula is C25H27N9O2. The fourth-order valence-corrected chi connectivity index (χ4v) is 4.54. The largest absolute Gasteiger partial charge is 0.378 e. The minimum absolute atomic E-state index is 0.0416. The summed E-state index contributed by atoms with van der Waals surface area (Å²) in [5.74, 6) is 0.0866. The molecule has 1 saturated heterocycles. The zero-order valence-electron chi connectivity index (χ0n) is 19.9. The first-order valence-corrected chi connectivity index (χ1v) is 12.0. The van der Waals surface area contributed by atoms with Gasteiger partial charge in [-0.25, -0.2) is 15.0 Å². The number of fused-ring (bicyclic) bond motifs is 1. The lowest BCUT2D eigenvalue weighted by atomic mass is 10.1. The molecule has 0 atom stereocenters. The first-order chi connectivity index (χ1) is 17.6. The van der Waals surface area contributed by atoms with Crippen LogP contribution in [-0.2, 0) is 4.74 Å². The molecule has 1 aliphatic carbocycles. The van der Waals surface area contributed by atoms with Gasteiger partial charge in [-0.15, -0.1) is 0 Å². The molecule has 2 fully saturated rings. The molecule has 11 heteroatoms. The van der Waals surface area contributed by atoms with Crippen molar-refractivity contribution in [3.05, 3.63) is 48.7 Å². The predicted molar refractivity (Wildman–Crippen MR) is 138 cm³/mol. The minimum Gasteiger partial charge on any atom is -0.378 e. The average molecular weight is 486 g/mol. The van der Waals surface area contributed by atoms with Crippen molar-refractivity contribution in [3.8, 4) is 11.3 Å². The van der Waals surface area contributed by atoms with Crippen LogP contribution in [0.1, 0.15) is 29.4 Å². The van der Waals surface area contributed by atoms with Crippen LogP contribution in [0.25, 0.3) is 22.3 Å². The van der Waals surface area contributed by atoms with Crippen LogP contribution in [0.3, 0.4) is 0 Å². The number of benzene rings is 1. The fraction of sp³-hybridized carbons (Fsp3) is 0.320. The van der Waals surface area contributed by atoms with Gasteiger partial charge >= 0.3 is 0 Å². The number of nitrogens with one attached hydrogen (secondary N) is 2. The van der Waals surface area contributed by atoms with E-state index in [4.69, 9.17) is 10.5 Å². The van der Waals surface area contributed by atoms with E-state index >= 15 is 0 Å². The first kappa shape index (κ1) is 22.2. The van der Waals surface area contributed by atoms with E-state index in [2.05, 4.69) is 40.0 Å². The molecule has 3 aromatic heterocycles. The summed E-state index contributed by atoms with van der Waals surface area (Å²) in [7, 11) is 1.76. The van der Waals surface area contributed by atoms with Crippen LogP contribution >= 0.6 is 0 Å². The van der Waals surface area contributed by atoms with Crippen LogP contribution in [0, 0.1) is 0 Å². The molecular weight excluding hydrogens is 458 g/mol. The van der Waals surface area contributed by atoms with Crippen molar-refractivity contribution >= 4 is 40.0 Å². The van der Waals surface area contributed by atoms with Crippen molar-refractivity contribution in [1.29, 1.82) is 0 Å². The van der Waals surface area contributed by atoms with Gasteiger partial charge in [0.05, 0.1) is 36.8 Å². The molecule has 4 N–H and O–H groups in total. The van der Waals surface area contributed by atoms with Crippen LogP contribution in [0.4, 0.5) is 23.0 Å². The number of rotatable bonds is 7. The Morgan fingerprint density at radius 3 is 2.56 bits per heavy atom. The smallest absolute Gasteiger partial charge is 0.271 e. The van der Waals surface area contributed by atoms with E-state index in [0.29, 0.717) is 23.1 Å². The molecule has 2 aliphatic rings. The number of hydrogen-bond donors (Lipinski definition) is 3. The second-order valence-corrected chi connectivity index (χ2v) is 8.94. The highest BCUT2D eigenvalue weighted by Crippen LogP contribution is 2.39. The second kappa shape index (κ2) is 9.08. The SMILES string of the molecule is CNc1nc(Nc2ccc(N3CCOCC3)cc2)c(C(N)=O)nc1-c1cncc2c1ncn2C1CC1. The van der Waals surface area contributed by atoms with Crippen molar-refractivity contribution in [3.63, 3.8) is 0 Å². The lowest BCUT2D eigenvalue weighted by Crippen LogP contribution is -2.36. The molecule has 0 unspecified atom stereocenters. The minimum atomic E-state index is -0.678. The van der Waals surface area contributed by atoms with Crippen LogP contribution < -0.4 is 21.3 Å². The molecule has 11 nitrogen and oxygen atoms in total. The Bertz CT molecular complexity index is 1420. The highest BCUT2D eigenvalue weighted by atomic mass is 16.5. The van der Waals surface area contributed by atoms with Crippen molar-refractivity contribution < 1.29 is 9.53 Å². The van der Waals surface area contributed by atoms with Crippen LogP contribution in [-0.4, -0.2) is 63.8 Å². The number of aromatic nitrogens is 5. The maximum absolute atomic E-state index is 12.4. The second-order valence-electron chi connectivity index (χ2n) is 8.94. The normalized spacial score (nSPS) is 15.8. The molecule has 0 radical (unpaired) electrons. The summed E-state index contributed by atoms with van der Waals surface area (Å²) < 4.78 is 7.58. The number of nitrogens with zero attached hydrogens (tertiary/aromatic N) is 6. The molecule has 1 saturated carbocycles. The van der Waals surface area contributed by atoms with Gasteiger partial charge in [0.1, 0.15) is 11.2 Å². The molecule has 4 aromatic rings. The molecule has 1 aliphatic heterocycles. The van der Waals surface area contributed by atoms with E-state index in [0.717, 1.165) is 61.6 Å². The van der Waals surface area contributed by atoms with Gasteiger partial charge < -0.3 is 30.6 Å². The van der Waals surface area contributed by atoms with Crippen molar-refractivity contribution in [2.75, 3.05) is 48.9 Å². The lowest BCUT2D eigenvalue weighted by Gasteiger charge is -2.29. The predicted octanol–water partition coefficient (Wildman–Crippen LogP) is 2.94. The molecule has 6 rings (SSSR count). The summed E-state index contributed by atoms with van der Waals surface area (Å²) in [6.07, 6.45) is 7.61. The van der Waals surface area contributed by atoms with Crippen LogP contribution in [0.2, 0.25) is 0 Å². The molecule has 0 spiro atoms. The Labute approximate surface area is 207 Å². The van der Waals surface area contributed by atoms with Crippen molar-refractivity contribution in [2.45, 2.75) is 18.9 Å². The summed E-state index contributed by atoms with van der Waals surface area (Å²) in [6.45, 7) is 3.16. The average Bonchev–Trinajstić information content (AvgIpc) is 3.67. The van der Waals surface area contributed by atoms with Gasteiger partial charge in [0.25, 0.3) is 5.91 Å². The quantitative estimate of drug-likeness (QED) is 0.361. The van der Waals surface area contributed by atoms with E-state index in [9.17, 15) is 4.79 Å². The highest BCUT2D eigenvalue weighted by Gasteiger charge is 2.27. The van der Waals surface area contributed by atoms with Gasteiger partial charge in [-0.05, 0) is 37.1 Å². The molecule has 184 valence electrons. The maximum atomic E-state index is 12.4. The van der Waals surface area contributed by atoms with Crippen LogP contribution in [0.15, 0.2) is 43.0 Å². The topological polar surface area (TPSA) is 136 Å². The van der Waals surface area contributed by atoms with Gasteiger partial charge in [0, 0.05) is 43.8 Å². The van der Waals surface area contributed by atoms with Gasteiger partial charge in [-0.2, -0.15) is 0 Å². The van der Waals surface area contributed by atoms with Crippen molar-refractivity contribution in [2.24, 2.45) is 5.73 Å². The Morgan fingerprint density at radius 1 is 1.08 bits per heavy atom. The number of anilines is 4. The molecule has 36 heavy (non-hydrogen) atoms. The number of hydrogen-bond acceptors (Lipinski definition) is 9. The zero-order chi connectivity index (χ0) is 24.6. The summed E-state index contributed by atoms with van der Waals surface area (Å²) in [5.41, 5.74) is 10.5. The van der Waals surface area contributed by atoms with Gasteiger partial charge in [0.15, 0.2) is 17.3 Å². The number of morpholine rings is 1. The van der Waals surface area contributed by atoms with Gasteiger partial charge in [-0.3, -0.25) is 9.78 Å². The summed E-state index contributed by atoms with van der Waals surface area (Å²) >= 11 is 0. The summed E-state index contributed by atoms with van der Waals surface area (Å²) in [5, 5.41) is 6.31. The lowest BCUT2D eigenvalue weighted by molar-refractivity contribution is 0.0996. The third-order valence-corrected chi connectivity index (χ3v) is 6.56. The number of carbonyl (C=O) groups excluding carboxylic acids is 1. The Morgan fingerprint density at radius 2 is 1.86 bits per heavy atom. The molecule has 4 heterocycles. The number of pyridine rings is 1.